The lowest BCUT2D eigenvalue weighted by Gasteiger charge is -2.28. The normalized spacial score (nSPS) is 10.9. The number of halogens is 1. The third-order valence-electron chi connectivity index (χ3n) is 2.26. The fraction of sp³-hybridized carbons (Fsp3) is 0.333. The van der Waals surface area contributed by atoms with Crippen molar-refractivity contribution < 1.29 is 18.3 Å². The van der Waals surface area contributed by atoms with E-state index in [1.165, 1.54) is 6.07 Å². The Hall–Kier alpha value is -1.34. The fourth-order valence-corrected chi connectivity index (χ4v) is 2.81. The van der Waals surface area contributed by atoms with Crippen LogP contribution in [0.25, 0.3) is 0 Å². The van der Waals surface area contributed by atoms with Crippen LogP contribution in [0.15, 0.2) is 28.7 Å². The van der Waals surface area contributed by atoms with E-state index in [0.29, 0.717) is 4.47 Å². The van der Waals surface area contributed by atoms with Gasteiger partial charge in [-0.25, -0.2) is 9.69 Å². The van der Waals surface area contributed by atoms with Crippen molar-refractivity contribution in [1.82, 2.24) is 0 Å². The molecule has 1 N–H and O–H groups in total. The fourth-order valence-electron chi connectivity index (χ4n) is 1.59. The smallest absolute Gasteiger partial charge is 0.417 e. The Kier molecular flexibility index (Phi) is 4.75. The van der Waals surface area contributed by atoms with Crippen LogP contribution in [-0.4, -0.2) is 24.6 Å². The van der Waals surface area contributed by atoms with E-state index < -0.39 is 21.8 Å². The van der Waals surface area contributed by atoms with Gasteiger partial charge in [0.15, 0.2) is 4.99 Å². The van der Waals surface area contributed by atoms with Gasteiger partial charge in [-0.1, -0.05) is 42.8 Å². The van der Waals surface area contributed by atoms with Crippen molar-refractivity contribution in [3.63, 3.8) is 0 Å². The minimum absolute atomic E-state index is 0.196. The first-order chi connectivity index (χ1) is 8.64. The summed E-state index contributed by atoms with van der Waals surface area (Å²) in [7, 11) is -2.63. The summed E-state index contributed by atoms with van der Waals surface area (Å²) in [6.07, 6.45) is -1.34. The quantitative estimate of drug-likeness (QED) is 0.792. The molecule has 19 heavy (non-hydrogen) atoms. The molecule has 1 amide bonds. The Balaban J connectivity index is 3.54. The number of rotatable bonds is 1. The molecular formula is C12H14BrNO4S. The molecule has 104 valence electrons. The monoisotopic (exact) mass is 347 g/mol. The predicted molar refractivity (Wildman–Crippen MR) is 78.0 cm³/mol. The van der Waals surface area contributed by atoms with Gasteiger partial charge in [-0.05, 0) is 18.2 Å². The zero-order chi connectivity index (χ0) is 14.8. The van der Waals surface area contributed by atoms with Gasteiger partial charge in [0.05, 0.1) is 5.69 Å². The van der Waals surface area contributed by atoms with Crippen LogP contribution in [0.1, 0.15) is 20.8 Å². The van der Waals surface area contributed by atoms with Crippen LogP contribution in [0.2, 0.25) is 0 Å². The molecule has 0 heterocycles. The lowest BCUT2D eigenvalue weighted by Crippen LogP contribution is -2.43. The van der Waals surface area contributed by atoms with Gasteiger partial charge in [-0.2, -0.15) is 8.42 Å². The molecule has 0 aliphatic heterocycles. The highest BCUT2D eigenvalue weighted by Gasteiger charge is 2.32. The van der Waals surface area contributed by atoms with Crippen LogP contribution in [0.3, 0.4) is 0 Å². The molecule has 0 aromatic heterocycles. The molecular weight excluding hydrogens is 334 g/mol. The summed E-state index contributed by atoms with van der Waals surface area (Å²) in [6, 6.07) is 6.46. The maximum atomic E-state index is 11.4. The zero-order valence-corrected chi connectivity index (χ0v) is 13.1. The summed E-state index contributed by atoms with van der Waals surface area (Å²) in [5.41, 5.74) is -0.552. The second kappa shape index (κ2) is 5.75. The Labute approximate surface area is 121 Å². The highest BCUT2D eigenvalue weighted by atomic mass is 79.9. The molecule has 0 radical (unpaired) electrons. The summed E-state index contributed by atoms with van der Waals surface area (Å²) in [5.74, 6) is 0. The van der Waals surface area contributed by atoms with Crippen LogP contribution in [0.4, 0.5) is 10.5 Å². The number of benzene rings is 1. The Morgan fingerprint density at radius 1 is 1.32 bits per heavy atom. The van der Waals surface area contributed by atoms with Gasteiger partial charge in [0.1, 0.15) is 0 Å². The highest BCUT2D eigenvalue weighted by Crippen LogP contribution is 2.26. The largest absolute Gasteiger partial charge is 0.464 e. The maximum absolute atomic E-state index is 11.4. The molecule has 0 fully saturated rings. The third-order valence-corrected chi connectivity index (χ3v) is 3.86. The number of nitrogens with zero attached hydrogens (tertiary/aromatic N) is 1. The molecule has 1 aromatic rings. The second-order valence-electron chi connectivity index (χ2n) is 4.89. The first-order valence-electron chi connectivity index (χ1n) is 5.40. The molecule has 5 nitrogen and oxygen atoms in total. The number of carbonyl (C=O) groups is 1. The summed E-state index contributed by atoms with van der Waals surface area (Å²) >= 11 is 3.23. The van der Waals surface area contributed by atoms with Gasteiger partial charge in [0.2, 0.25) is 10.3 Å². The van der Waals surface area contributed by atoms with E-state index in [1.807, 2.05) is 0 Å². The molecule has 1 rings (SSSR count). The zero-order valence-electron chi connectivity index (χ0n) is 10.7. The molecule has 7 heteroatoms. The van der Waals surface area contributed by atoms with E-state index >= 15 is 0 Å². The second-order valence-corrected chi connectivity index (χ2v) is 6.66. The first-order valence-corrected chi connectivity index (χ1v) is 7.26. The van der Waals surface area contributed by atoms with Crippen molar-refractivity contribution in [1.29, 1.82) is 0 Å². The average Bonchev–Trinajstić information content (AvgIpc) is 2.22. The highest BCUT2D eigenvalue weighted by molar-refractivity contribution is 9.10. The summed E-state index contributed by atoms with van der Waals surface area (Å²) in [6.45, 7) is 4.93. The van der Waals surface area contributed by atoms with Gasteiger partial charge >= 0.3 is 6.09 Å². The molecule has 0 spiro atoms. The van der Waals surface area contributed by atoms with Crippen molar-refractivity contribution in [2.75, 3.05) is 4.90 Å². The summed E-state index contributed by atoms with van der Waals surface area (Å²) in [5, 5.41) is 9.32. The van der Waals surface area contributed by atoms with E-state index in [4.69, 9.17) is 0 Å². The molecule has 1 aromatic carbocycles. The minimum Gasteiger partial charge on any atom is -0.464 e. The first kappa shape index (κ1) is 15.7. The van der Waals surface area contributed by atoms with Crippen molar-refractivity contribution >= 4 is 43.0 Å². The van der Waals surface area contributed by atoms with Crippen LogP contribution in [0, 0.1) is 5.41 Å². The molecule has 0 aliphatic carbocycles. The van der Waals surface area contributed by atoms with Gasteiger partial charge in [0.25, 0.3) is 0 Å². The average molecular weight is 348 g/mol. The molecule has 0 unspecified atom stereocenters. The van der Waals surface area contributed by atoms with Crippen molar-refractivity contribution in [2.45, 2.75) is 20.8 Å². The number of hydrogen-bond acceptors (Lipinski definition) is 3. The lowest BCUT2D eigenvalue weighted by molar-refractivity contribution is 0.205. The van der Waals surface area contributed by atoms with Gasteiger partial charge in [-0.15, -0.1) is 0 Å². The van der Waals surface area contributed by atoms with Crippen LogP contribution in [-0.2, 0) is 10.3 Å². The van der Waals surface area contributed by atoms with E-state index in [0.717, 1.165) is 4.90 Å². The Morgan fingerprint density at radius 3 is 2.26 bits per heavy atom. The van der Waals surface area contributed by atoms with E-state index in [9.17, 15) is 18.3 Å². The number of anilines is 1. The number of carboxylic acid groups (broad SMARTS) is 1. The van der Waals surface area contributed by atoms with Crippen LogP contribution >= 0.6 is 15.9 Å². The molecule has 0 saturated heterocycles. The van der Waals surface area contributed by atoms with E-state index in [2.05, 4.69) is 15.9 Å². The van der Waals surface area contributed by atoms with Gasteiger partial charge in [0, 0.05) is 9.89 Å². The van der Waals surface area contributed by atoms with Crippen molar-refractivity contribution in [3.05, 3.63) is 28.7 Å². The Morgan fingerprint density at radius 2 is 1.89 bits per heavy atom. The Bertz CT molecular complexity index is 623. The predicted octanol–water partition coefficient (Wildman–Crippen LogP) is 2.99. The van der Waals surface area contributed by atoms with Crippen molar-refractivity contribution in [3.8, 4) is 0 Å². The van der Waals surface area contributed by atoms with E-state index in [-0.39, 0.29) is 10.7 Å². The lowest BCUT2D eigenvalue weighted by atomic mass is 9.95. The van der Waals surface area contributed by atoms with Crippen LogP contribution < -0.4 is 4.90 Å². The molecule has 0 saturated carbocycles. The van der Waals surface area contributed by atoms with E-state index in [1.54, 1.807) is 39.0 Å². The molecule has 0 atom stereocenters. The standard InChI is InChI=1S/C12H14BrNO4S/c1-12(2,3)10(19(17)18)14(11(15)16)9-6-4-5-8(13)7-9/h4-7H,1-3H3,(H,15,16). The number of hydrogen-bond donors (Lipinski definition) is 1. The summed E-state index contributed by atoms with van der Waals surface area (Å²) in [4.78, 5) is 12.0. The molecule has 0 aliphatic rings. The van der Waals surface area contributed by atoms with Gasteiger partial charge < -0.3 is 5.11 Å². The topological polar surface area (TPSA) is 74.7 Å². The number of amides is 1. The summed E-state index contributed by atoms with van der Waals surface area (Å²) < 4.78 is 23.5. The van der Waals surface area contributed by atoms with Crippen LogP contribution in [0.5, 0.6) is 0 Å². The molecule has 0 bridgehead atoms. The maximum Gasteiger partial charge on any atom is 0.417 e. The third kappa shape index (κ3) is 3.81. The van der Waals surface area contributed by atoms with Crippen molar-refractivity contribution in [2.24, 2.45) is 5.41 Å². The minimum atomic E-state index is -2.63. The SMILES string of the molecule is CC(C)(C)C(N(C(=O)O)c1cccc(Br)c1)=S(=O)=O. The van der Waals surface area contributed by atoms with Gasteiger partial charge in [-0.3, -0.25) is 0 Å².